The first-order valence-electron chi connectivity index (χ1n) is 11.2. The van der Waals surface area contributed by atoms with E-state index in [1.165, 1.54) is 0 Å². The highest BCUT2D eigenvalue weighted by Crippen LogP contribution is 2.20. The molecule has 4 aromatic rings. The largest absolute Gasteiger partial charge is 0.489 e. The number of hydrogen-bond donors (Lipinski definition) is 2. The van der Waals surface area contributed by atoms with Crippen molar-refractivity contribution in [1.82, 2.24) is 25.5 Å². The van der Waals surface area contributed by atoms with Gasteiger partial charge < -0.3 is 15.0 Å². The molecule has 2 heterocycles. The van der Waals surface area contributed by atoms with Crippen LogP contribution in [0.4, 0.5) is 0 Å². The lowest BCUT2D eigenvalue weighted by Gasteiger charge is -2.08. The Hall–Kier alpha value is -4.04. The number of halogens is 1. The Morgan fingerprint density at radius 1 is 1.00 bits per heavy atom. The van der Waals surface area contributed by atoms with E-state index in [9.17, 15) is 9.59 Å². The van der Waals surface area contributed by atoms with Crippen molar-refractivity contribution in [2.75, 3.05) is 6.54 Å². The molecule has 0 saturated carbocycles. The van der Waals surface area contributed by atoms with Crippen LogP contribution in [-0.2, 0) is 24.2 Å². The maximum atomic E-state index is 12.4. The summed E-state index contributed by atoms with van der Waals surface area (Å²) in [4.78, 5) is 31.5. The lowest BCUT2D eigenvalue weighted by molar-refractivity contribution is -0.121. The second-order valence-corrected chi connectivity index (χ2v) is 8.25. The lowest BCUT2D eigenvalue weighted by Crippen LogP contribution is -2.27. The van der Waals surface area contributed by atoms with Gasteiger partial charge in [0.25, 0.3) is 5.56 Å². The molecule has 0 radical (unpaired) electrons. The molecule has 0 fully saturated rings. The third kappa shape index (κ3) is 7.22. The first-order chi connectivity index (χ1) is 17.1. The fourth-order valence-corrected chi connectivity index (χ4v) is 3.57. The Morgan fingerprint density at radius 3 is 2.60 bits per heavy atom. The van der Waals surface area contributed by atoms with Crippen molar-refractivity contribution in [2.45, 2.75) is 25.9 Å². The van der Waals surface area contributed by atoms with Crippen LogP contribution in [0.2, 0.25) is 5.02 Å². The number of aromatic nitrogens is 4. The van der Waals surface area contributed by atoms with Crippen LogP contribution in [0.15, 0.2) is 77.7 Å². The minimum atomic E-state index is -0.363. The number of hydrogen-bond acceptors (Lipinski definition) is 6. The molecule has 0 spiro atoms. The van der Waals surface area contributed by atoms with Gasteiger partial charge in [-0.15, -0.1) is 10.2 Å². The predicted octanol–water partition coefficient (Wildman–Crippen LogP) is 3.75. The minimum absolute atomic E-state index is 0.151. The Bertz CT molecular complexity index is 1330. The molecule has 1 amide bonds. The third-order valence-corrected chi connectivity index (χ3v) is 5.44. The monoisotopic (exact) mass is 489 g/mol. The van der Waals surface area contributed by atoms with E-state index in [0.717, 1.165) is 11.3 Å². The van der Waals surface area contributed by atoms with E-state index in [0.29, 0.717) is 41.7 Å². The van der Waals surface area contributed by atoms with Gasteiger partial charge in [-0.05, 0) is 54.1 Å². The summed E-state index contributed by atoms with van der Waals surface area (Å²) in [6.07, 6.45) is 2.72. The van der Waals surface area contributed by atoms with Crippen LogP contribution < -0.4 is 15.6 Å². The zero-order valence-electron chi connectivity index (χ0n) is 18.9. The van der Waals surface area contributed by atoms with Crippen LogP contribution in [-0.4, -0.2) is 32.6 Å². The Kier molecular flexibility index (Phi) is 8.19. The molecule has 4 rings (SSSR count). The van der Waals surface area contributed by atoms with E-state index < -0.39 is 0 Å². The van der Waals surface area contributed by atoms with Crippen molar-refractivity contribution >= 4 is 17.5 Å². The van der Waals surface area contributed by atoms with Crippen molar-refractivity contribution < 1.29 is 9.53 Å². The number of aryl methyl sites for hydroxylation is 1. The van der Waals surface area contributed by atoms with E-state index >= 15 is 0 Å². The van der Waals surface area contributed by atoms with Crippen LogP contribution in [0.25, 0.3) is 11.4 Å². The highest BCUT2D eigenvalue weighted by Gasteiger charge is 2.10. The van der Waals surface area contributed by atoms with Gasteiger partial charge in [0.05, 0.1) is 0 Å². The molecule has 0 atom stereocenters. The molecule has 0 aliphatic rings. The minimum Gasteiger partial charge on any atom is -0.489 e. The van der Waals surface area contributed by atoms with Gasteiger partial charge >= 0.3 is 0 Å². The second-order valence-electron chi connectivity index (χ2n) is 7.81. The number of nitrogens with one attached hydrogen (secondary N) is 2. The van der Waals surface area contributed by atoms with Crippen molar-refractivity contribution in [3.63, 3.8) is 0 Å². The molecule has 0 aliphatic heterocycles. The summed E-state index contributed by atoms with van der Waals surface area (Å²) in [5, 5.41) is 11.6. The number of nitrogens with zero attached hydrogens (tertiary/aromatic N) is 3. The summed E-state index contributed by atoms with van der Waals surface area (Å²) in [5.41, 5.74) is 2.43. The summed E-state index contributed by atoms with van der Waals surface area (Å²) in [7, 11) is 0. The molecule has 2 aromatic carbocycles. The predicted molar refractivity (Wildman–Crippen MR) is 133 cm³/mol. The van der Waals surface area contributed by atoms with Gasteiger partial charge in [-0.3, -0.25) is 14.6 Å². The smallest absolute Gasteiger partial charge is 0.273 e. The molecule has 2 N–H and O–H groups in total. The van der Waals surface area contributed by atoms with Crippen LogP contribution in [0.5, 0.6) is 5.75 Å². The summed E-state index contributed by atoms with van der Waals surface area (Å²) in [5.74, 6) is 0.870. The number of rotatable bonds is 10. The standard InChI is InChI=1S/C26H24ClN5O3/c27-20-5-3-4-18(16-20)17-35-22-9-7-19(8-10-22)25-30-26(34)23(31-32-25)11-12-24(33)29-15-13-21-6-1-2-14-28-21/h1-10,14,16H,11-13,15,17H2,(H,29,33)(H,30,32,34). The molecular formula is C26H24ClN5O3. The number of ether oxygens (including phenoxy) is 1. The van der Waals surface area contributed by atoms with Crippen molar-refractivity contribution in [1.29, 1.82) is 0 Å². The van der Waals surface area contributed by atoms with Crippen molar-refractivity contribution in [3.8, 4) is 17.1 Å². The lowest BCUT2D eigenvalue weighted by atomic mass is 10.2. The van der Waals surface area contributed by atoms with Gasteiger partial charge in [-0.25, -0.2) is 0 Å². The molecular weight excluding hydrogens is 466 g/mol. The van der Waals surface area contributed by atoms with Gasteiger partial charge in [-0.2, -0.15) is 0 Å². The first-order valence-corrected chi connectivity index (χ1v) is 11.5. The number of aromatic amines is 1. The summed E-state index contributed by atoms with van der Waals surface area (Å²) in [6.45, 7) is 0.873. The zero-order chi connectivity index (χ0) is 24.5. The maximum Gasteiger partial charge on any atom is 0.273 e. The molecule has 0 aliphatic carbocycles. The number of benzene rings is 2. The quantitative estimate of drug-likeness (QED) is 0.351. The highest BCUT2D eigenvalue weighted by atomic mass is 35.5. The summed E-state index contributed by atoms with van der Waals surface area (Å²) < 4.78 is 5.78. The van der Waals surface area contributed by atoms with Crippen LogP contribution >= 0.6 is 11.6 Å². The molecule has 2 aromatic heterocycles. The van der Waals surface area contributed by atoms with Crippen LogP contribution in [0.3, 0.4) is 0 Å². The van der Waals surface area contributed by atoms with Crippen LogP contribution in [0.1, 0.15) is 23.4 Å². The fraction of sp³-hybridized carbons (Fsp3) is 0.192. The zero-order valence-corrected chi connectivity index (χ0v) is 19.7. The fourth-order valence-electron chi connectivity index (χ4n) is 3.35. The van der Waals surface area contributed by atoms with E-state index in [1.807, 2.05) is 42.5 Å². The van der Waals surface area contributed by atoms with E-state index in [-0.39, 0.29) is 30.0 Å². The molecule has 178 valence electrons. The maximum absolute atomic E-state index is 12.4. The van der Waals surface area contributed by atoms with Gasteiger partial charge in [0.1, 0.15) is 18.1 Å². The molecule has 9 heteroatoms. The highest BCUT2D eigenvalue weighted by molar-refractivity contribution is 6.30. The van der Waals surface area contributed by atoms with E-state index in [4.69, 9.17) is 16.3 Å². The molecule has 35 heavy (non-hydrogen) atoms. The van der Waals surface area contributed by atoms with E-state index in [2.05, 4.69) is 25.5 Å². The number of carbonyl (C=O) groups excluding carboxylic acids is 1. The molecule has 0 bridgehead atoms. The van der Waals surface area contributed by atoms with E-state index in [1.54, 1.807) is 30.5 Å². The third-order valence-electron chi connectivity index (χ3n) is 5.21. The Labute approximate surface area is 207 Å². The summed E-state index contributed by atoms with van der Waals surface area (Å²) in [6, 6.07) is 20.3. The number of pyridine rings is 1. The average Bonchev–Trinajstić information content (AvgIpc) is 2.88. The number of carbonyl (C=O) groups is 1. The van der Waals surface area contributed by atoms with Crippen LogP contribution in [0, 0.1) is 0 Å². The second kappa shape index (κ2) is 11.9. The van der Waals surface area contributed by atoms with Gasteiger partial charge in [0.2, 0.25) is 5.91 Å². The topological polar surface area (TPSA) is 110 Å². The average molecular weight is 490 g/mol. The molecule has 0 unspecified atom stereocenters. The number of H-pyrrole nitrogens is 1. The van der Waals surface area contributed by atoms with Crippen molar-refractivity contribution in [2.24, 2.45) is 0 Å². The van der Waals surface area contributed by atoms with Gasteiger partial charge in [-0.1, -0.05) is 29.8 Å². The number of amides is 1. The van der Waals surface area contributed by atoms with Gasteiger partial charge in [0.15, 0.2) is 5.82 Å². The Morgan fingerprint density at radius 2 is 1.86 bits per heavy atom. The molecule has 8 nitrogen and oxygen atoms in total. The van der Waals surface area contributed by atoms with Crippen molar-refractivity contribution in [3.05, 3.63) is 105 Å². The first kappa shape index (κ1) is 24.1. The van der Waals surface area contributed by atoms with Gasteiger partial charge in [0, 0.05) is 48.3 Å². The Balaban J connectivity index is 1.27. The normalized spacial score (nSPS) is 10.7. The molecule has 0 saturated heterocycles. The SMILES string of the molecule is O=C(CCc1nnc(-c2ccc(OCc3cccc(Cl)c3)cc2)[nH]c1=O)NCCc1ccccn1. The summed E-state index contributed by atoms with van der Waals surface area (Å²) >= 11 is 6.00.